The molecular formula is C19H13BrClN3O2. The number of nitrogens with zero attached hydrogens (tertiary/aromatic N) is 1. The van der Waals surface area contributed by atoms with Gasteiger partial charge in [0.1, 0.15) is 5.82 Å². The van der Waals surface area contributed by atoms with Crippen molar-refractivity contribution in [1.29, 1.82) is 5.26 Å². The molecule has 26 heavy (non-hydrogen) atoms. The Labute approximate surface area is 163 Å². The molecule has 5 nitrogen and oxygen atoms in total. The van der Waals surface area contributed by atoms with Gasteiger partial charge in [0.05, 0.1) is 28.8 Å². The van der Waals surface area contributed by atoms with Crippen LogP contribution in [0.1, 0.15) is 17.0 Å². The van der Waals surface area contributed by atoms with E-state index in [1.165, 1.54) is 0 Å². The Kier molecular flexibility index (Phi) is 5.03. The molecule has 0 saturated carbocycles. The highest BCUT2D eigenvalue weighted by molar-refractivity contribution is 9.10. The van der Waals surface area contributed by atoms with Crippen LogP contribution in [0.5, 0.6) is 0 Å². The molecule has 1 aliphatic rings. The fourth-order valence-electron chi connectivity index (χ4n) is 2.93. The number of hydrogen-bond acceptors (Lipinski definition) is 4. The molecule has 0 aliphatic carbocycles. The van der Waals surface area contributed by atoms with E-state index in [2.05, 4.69) is 21.2 Å². The molecule has 0 amide bonds. The van der Waals surface area contributed by atoms with Gasteiger partial charge in [0.25, 0.3) is 0 Å². The largest absolute Gasteiger partial charge is 0.478 e. The number of carbonyl (C=O) groups is 1. The first-order chi connectivity index (χ1) is 12.4. The lowest BCUT2D eigenvalue weighted by molar-refractivity contribution is -0.132. The molecule has 2 aromatic rings. The predicted molar refractivity (Wildman–Crippen MR) is 103 cm³/mol. The zero-order chi connectivity index (χ0) is 18.8. The standard InChI is InChI=1S/C19H13BrClN3O2/c20-12-3-1-2-11(8-12)15-14(9-22)18(23)24-17(16(15)19(25)26)10-4-6-13(21)7-5-10/h1-8,15,24H,23H2,(H,25,26)/t15-/m1/s1. The van der Waals surface area contributed by atoms with E-state index in [4.69, 9.17) is 17.3 Å². The van der Waals surface area contributed by atoms with E-state index in [1.807, 2.05) is 12.1 Å². The number of dihydropyridines is 1. The fourth-order valence-corrected chi connectivity index (χ4v) is 3.48. The number of hydrogen-bond donors (Lipinski definition) is 3. The average molecular weight is 431 g/mol. The highest BCUT2D eigenvalue weighted by Gasteiger charge is 2.35. The quantitative estimate of drug-likeness (QED) is 0.684. The average Bonchev–Trinajstić information content (AvgIpc) is 2.61. The highest BCUT2D eigenvalue weighted by Crippen LogP contribution is 2.40. The van der Waals surface area contributed by atoms with Crippen LogP contribution in [0.3, 0.4) is 0 Å². The number of carboxylic acid groups (broad SMARTS) is 1. The van der Waals surface area contributed by atoms with Gasteiger partial charge in [-0.1, -0.05) is 51.8 Å². The SMILES string of the molecule is N#CC1=C(N)NC(c2ccc(Cl)cc2)=C(C(=O)O)[C@@H]1c1cccc(Br)c1. The van der Waals surface area contributed by atoms with Gasteiger partial charge in [0, 0.05) is 9.50 Å². The Hall–Kier alpha value is -2.75. The molecule has 130 valence electrons. The number of nitriles is 1. The van der Waals surface area contributed by atoms with E-state index >= 15 is 0 Å². The Balaban J connectivity index is 2.28. The van der Waals surface area contributed by atoms with Gasteiger partial charge in [-0.2, -0.15) is 5.26 Å². The third-order valence-electron chi connectivity index (χ3n) is 4.06. The number of carboxylic acids is 1. The Morgan fingerprint density at radius 1 is 1.27 bits per heavy atom. The number of aliphatic carboxylic acids is 1. The molecule has 0 bridgehead atoms. The van der Waals surface area contributed by atoms with E-state index < -0.39 is 11.9 Å². The van der Waals surface area contributed by atoms with Crippen LogP contribution in [0.4, 0.5) is 0 Å². The summed E-state index contributed by atoms with van der Waals surface area (Å²) in [5.74, 6) is -1.79. The Bertz CT molecular complexity index is 991. The molecule has 0 radical (unpaired) electrons. The lowest BCUT2D eigenvalue weighted by Crippen LogP contribution is -2.32. The van der Waals surface area contributed by atoms with Gasteiger partial charge in [-0.05, 0) is 35.4 Å². The van der Waals surface area contributed by atoms with Gasteiger partial charge in [-0.3, -0.25) is 0 Å². The normalized spacial score (nSPS) is 16.9. The third kappa shape index (κ3) is 3.32. The second-order valence-corrected chi connectivity index (χ2v) is 7.01. The van der Waals surface area contributed by atoms with Crippen molar-refractivity contribution in [3.63, 3.8) is 0 Å². The van der Waals surface area contributed by atoms with E-state index in [9.17, 15) is 15.2 Å². The van der Waals surface area contributed by atoms with E-state index in [0.717, 1.165) is 4.47 Å². The molecule has 0 aromatic heterocycles. The number of nitrogens with one attached hydrogen (secondary N) is 1. The number of halogens is 2. The molecule has 0 saturated heterocycles. The van der Waals surface area contributed by atoms with Crippen molar-refractivity contribution in [2.24, 2.45) is 5.73 Å². The first-order valence-corrected chi connectivity index (χ1v) is 8.75. The second kappa shape index (κ2) is 7.24. The van der Waals surface area contributed by atoms with Gasteiger partial charge in [0.2, 0.25) is 0 Å². The summed E-state index contributed by atoms with van der Waals surface area (Å²) in [4.78, 5) is 12.1. The summed E-state index contributed by atoms with van der Waals surface area (Å²) >= 11 is 9.32. The number of nitrogens with two attached hydrogens (primary N) is 1. The highest BCUT2D eigenvalue weighted by atomic mass is 79.9. The molecule has 2 aromatic carbocycles. The molecule has 0 fully saturated rings. The van der Waals surface area contributed by atoms with Crippen molar-refractivity contribution in [1.82, 2.24) is 5.32 Å². The number of benzene rings is 2. The predicted octanol–water partition coefficient (Wildman–Crippen LogP) is 3.98. The molecule has 1 aliphatic heterocycles. The Morgan fingerprint density at radius 3 is 2.54 bits per heavy atom. The monoisotopic (exact) mass is 429 g/mol. The first-order valence-electron chi connectivity index (χ1n) is 7.58. The minimum absolute atomic E-state index is 0.0520. The van der Waals surface area contributed by atoms with Gasteiger partial charge in [-0.15, -0.1) is 0 Å². The number of allylic oxidation sites excluding steroid dienone is 1. The van der Waals surface area contributed by atoms with Crippen LogP contribution < -0.4 is 11.1 Å². The maximum absolute atomic E-state index is 12.1. The summed E-state index contributed by atoms with van der Waals surface area (Å²) in [5.41, 5.74) is 7.89. The van der Waals surface area contributed by atoms with Crippen LogP contribution in [-0.4, -0.2) is 11.1 Å². The van der Waals surface area contributed by atoms with Crippen molar-refractivity contribution in [2.75, 3.05) is 0 Å². The second-order valence-electron chi connectivity index (χ2n) is 5.65. The third-order valence-corrected chi connectivity index (χ3v) is 4.81. The van der Waals surface area contributed by atoms with Gasteiger partial charge < -0.3 is 16.2 Å². The smallest absolute Gasteiger partial charge is 0.334 e. The summed E-state index contributed by atoms with van der Waals surface area (Å²) in [5, 5.41) is 22.9. The maximum Gasteiger partial charge on any atom is 0.334 e. The summed E-state index contributed by atoms with van der Waals surface area (Å²) < 4.78 is 0.780. The molecular weight excluding hydrogens is 418 g/mol. The first kappa shape index (κ1) is 18.1. The van der Waals surface area contributed by atoms with Crippen molar-refractivity contribution >= 4 is 39.2 Å². The summed E-state index contributed by atoms with van der Waals surface area (Å²) in [7, 11) is 0. The molecule has 4 N–H and O–H groups in total. The molecule has 3 rings (SSSR count). The topological polar surface area (TPSA) is 99.1 Å². The minimum Gasteiger partial charge on any atom is -0.478 e. The zero-order valence-corrected chi connectivity index (χ0v) is 15.7. The van der Waals surface area contributed by atoms with Crippen LogP contribution in [-0.2, 0) is 4.79 Å². The van der Waals surface area contributed by atoms with Gasteiger partial charge in [0.15, 0.2) is 0 Å². The maximum atomic E-state index is 12.1. The molecule has 0 spiro atoms. The molecule has 7 heteroatoms. The van der Waals surface area contributed by atoms with E-state index in [0.29, 0.717) is 21.8 Å². The van der Waals surface area contributed by atoms with Gasteiger partial charge in [-0.25, -0.2) is 4.79 Å². The number of rotatable bonds is 3. The van der Waals surface area contributed by atoms with Crippen molar-refractivity contribution in [2.45, 2.75) is 5.92 Å². The van der Waals surface area contributed by atoms with Crippen molar-refractivity contribution in [3.8, 4) is 6.07 Å². The van der Waals surface area contributed by atoms with Crippen LogP contribution in [0, 0.1) is 11.3 Å². The summed E-state index contributed by atoms with van der Waals surface area (Å²) in [6.07, 6.45) is 0. The van der Waals surface area contributed by atoms with Crippen LogP contribution in [0.25, 0.3) is 5.70 Å². The van der Waals surface area contributed by atoms with Crippen molar-refractivity contribution < 1.29 is 9.90 Å². The molecule has 1 heterocycles. The van der Waals surface area contributed by atoms with E-state index in [1.54, 1.807) is 42.5 Å². The zero-order valence-electron chi connectivity index (χ0n) is 13.3. The van der Waals surface area contributed by atoms with E-state index in [-0.39, 0.29) is 17.0 Å². The molecule has 1 atom stereocenters. The summed E-state index contributed by atoms with van der Waals surface area (Å²) in [6, 6.07) is 16.0. The molecule has 0 unspecified atom stereocenters. The minimum atomic E-state index is -1.13. The van der Waals surface area contributed by atoms with Crippen LogP contribution >= 0.6 is 27.5 Å². The summed E-state index contributed by atoms with van der Waals surface area (Å²) in [6.45, 7) is 0. The van der Waals surface area contributed by atoms with Gasteiger partial charge >= 0.3 is 5.97 Å². The lowest BCUT2D eigenvalue weighted by Gasteiger charge is -2.28. The van der Waals surface area contributed by atoms with Crippen LogP contribution in [0.15, 0.2) is 70.0 Å². The lowest BCUT2D eigenvalue weighted by atomic mass is 9.80. The fraction of sp³-hybridized carbons (Fsp3) is 0.0526. The van der Waals surface area contributed by atoms with Crippen LogP contribution in [0.2, 0.25) is 5.02 Å². The Morgan fingerprint density at radius 2 is 1.96 bits per heavy atom. The van der Waals surface area contributed by atoms with Crippen molar-refractivity contribution in [3.05, 3.63) is 86.1 Å².